The molecule has 2 bridgehead atoms. The third-order valence-corrected chi connectivity index (χ3v) is 11.8. The highest BCUT2D eigenvalue weighted by molar-refractivity contribution is 6.31. The number of ether oxygens (including phenoxy) is 7. The highest BCUT2D eigenvalue weighted by atomic mass is 16.7. The Morgan fingerprint density at radius 1 is 0.942 bits per heavy atom. The van der Waals surface area contributed by atoms with E-state index in [4.69, 9.17) is 33.2 Å². The summed E-state index contributed by atoms with van der Waals surface area (Å²) in [5.41, 5.74) is -4.54. The zero-order chi connectivity index (χ0) is 38.0. The van der Waals surface area contributed by atoms with Crippen molar-refractivity contribution in [3.8, 4) is 17.2 Å². The number of hydrogen-bond acceptors (Lipinski definition) is 15. The molecule has 2 saturated heterocycles. The van der Waals surface area contributed by atoms with Gasteiger partial charge in [-0.3, -0.25) is 9.59 Å². The number of carbonyl (C=O) groups excluding carboxylic acids is 2. The van der Waals surface area contributed by atoms with Gasteiger partial charge < -0.3 is 63.6 Å². The number of likely N-dealkylation sites (N-methyl/N-ethyl adjacent to an activating group) is 1. The average Bonchev–Trinajstić information content (AvgIpc) is 3.05. The van der Waals surface area contributed by atoms with Gasteiger partial charge in [0.05, 0.1) is 40.5 Å². The summed E-state index contributed by atoms with van der Waals surface area (Å²) < 4.78 is 42.2. The van der Waals surface area contributed by atoms with Crippen LogP contribution in [0, 0.1) is 0 Å². The van der Waals surface area contributed by atoms with Crippen LogP contribution >= 0.6 is 0 Å². The molecule has 3 aliphatic heterocycles. The lowest BCUT2D eigenvalue weighted by Gasteiger charge is -2.53. The summed E-state index contributed by atoms with van der Waals surface area (Å²) in [6, 6.07) is 1.82. The predicted octanol–water partition coefficient (Wildman–Crippen LogP) is 1.42. The number of nitrogens with zero attached hydrogens (tertiary/aromatic N) is 1. The molecule has 2 fully saturated rings. The van der Waals surface area contributed by atoms with E-state index in [-0.39, 0.29) is 46.4 Å². The molecule has 0 amide bonds. The summed E-state index contributed by atoms with van der Waals surface area (Å²) >= 11 is 0. The fourth-order valence-electron chi connectivity index (χ4n) is 9.20. The number of hydrogen-bond donors (Lipinski definition) is 5. The maximum Gasteiger partial charge on any atom is 0.228 e. The van der Waals surface area contributed by atoms with E-state index in [1.54, 1.807) is 39.8 Å². The molecule has 0 saturated carbocycles. The van der Waals surface area contributed by atoms with Crippen LogP contribution in [0.3, 0.4) is 0 Å². The highest BCUT2D eigenvalue weighted by Gasteiger charge is 2.60. The molecule has 2 aromatic carbocycles. The Bertz CT molecular complexity index is 1830. The number of phenolic OH excluding ortho intramolecular Hbond substituents is 2. The molecule has 5 aliphatic rings. The lowest BCUT2D eigenvalue weighted by atomic mass is 9.72. The van der Waals surface area contributed by atoms with Gasteiger partial charge in [-0.1, -0.05) is 0 Å². The molecule has 3 heterocycles. The molecule has 2 aromatic rings. The van der Waals surface area contributed by atoms with E-state index in [2.05, 4.69) is 0 Å². The molecule has 5 N–H and O–H groups in total. The Morgan fingerprint density at radius 2 is 1.62 bits per heavy atom. The Kier molecular flexibility index (Phi) is 8.86. The summed E-state index contributed by atoms with van der Waals surface area (Å²) in [4.78, 5) is 30.6. The quantitative estimate of drug-likeness (QED) is 0.244. The van der Waals surface area contributed by atoms with Crippen LogP contribution in [-0.4, -0.2) is 138 Å². The fourth-order valence-corrected chi connectivity index (χ4v) is 9.20. The van der Waals surface area contributed by atoms with Gasteiger partial charge in [-0.15, -0.1) is 0 Å². The number of ketones is 2. The van der Waals surface area contributed by atoms with Gasteiger partial charge >= 0.3 is 0 Å². The van der Waals surface area contributed by atoms with Crippen LogP contribution in [0.2, 0.25) is 0 Å². The lowest BCUT2D eigenvalue weighted by molar-refractivity contribution is -0.345. The van der Waals surface area contributed by atoms with Crippen LogP contribution in [0.1, 0.15) is 88.8 Å². The number of rotatable bonds is 6. The maximum atomic E-state index is 14.5. The van der Waals surface area contributed by atoms with Crippen molar-refractivity contribution in [2.45, 2.75) is 113 Å². The minimum atomic E-state index is -1.55. The topological polar surface area (TPSA) is 203 Å². The Morgan fingerprint density at radius 3 is 2.23 bits per heavy atom. The smallest absolute Gasteiger partial charge is 0.228 e. The van der Waals surface area contributed by atoms with Crippen molar-refractivity contribution in [3.05, 3.63) is 51.1 Å². The van der Waals surface area contributed by atoms with Crippen LogP contribution in [-0.2, 0) is 40.4 Å². The van der Waals surface area contributed by atoms with E-state index < -0.39 is 101 Å². The molecule has 0 spiro atoms. The first-order chi connectivity index (χ1) is 24.3. The number of methoxy groups -OCH3 is 3. The first-order valence-electron chi connectivity index (χ1n) is 17.2. The van der Waals surface area contributed by atoms with Gasteiger partial charge in [0.1, 0.15) is 52.9 Å². The van der Waals surface area contributed by atoms with Crippen LogP contribution in [0.25, 0.3) is 0 Å². The van der Waals surface area contributed by atoms with Crippen LogP contribution in [0.5, 0.6) is 17.2 Å². The van der Waals surface area contributed by atoms with Gasteiger partial charge in [0, 0.05) is 50.9 Å². The maximum absolute atomic E-state index is 14.5. The van der Waals surface area contributed by atoms with Gasteiger partial charge in [0.25, 0.3) is 0 Å². The van der Waals surface area contributed by atoms with E-state index >= 15 is 0 Å². The number of phenols is 2. The normalized spacial score (nSPS) is 39.4. The molecule has 12 atom stereocenters. The van der Waals surface area contributed by atoms with E-state index in [9.17, 15) is 35.1 Å². The lowest BCUT2D eigenvalue weighted by Crippen LogP contribution is -2.68. The molecule has 0 aromatic heterocycles. The first kappa shape index (κ1) is 37.1. The minimum Gasteiger partial charge on any atom is -0.507 e. The second kappa shape index (κ2) is 12.4. The monoisotopic (exact) mass is 729 g/mol. The summed E-state index contributed by atoms with van der Waals surface area (Å²) in [5.74, 6) is -2.85. The number of aliphatic hydroxyl groups is 3. The van der Waals surface area contributed by atoms with E-state index in [1.165, 1.54) is 33.5 Å². The first-order valence-corrected chi connectivity index (χ1v) is 17.2. The van der Waals surface area contributed by atoms with E-state index in [0.717, 1.165) is 0 Å². The molecular weight excluding hydrogens is 682 g/mol. The Balaban J connectivity index is 1.34. The standard InChI is InChI=1S/C37H47NO14/c1-14-31(46-7)37(4,48-9)32(47-8)34(49-14)50-19-13-35(2,45)12-15-10-16-21(26(41)20(15)19)27(42)22-18(39)11-17-29(23(22)25(16)40)51-33-28(43)24(38(5)6)30(44)36(17,3)52-33/h10-11,14,19,24,28,30-34,39,41,43-45H,12-13H2,1-9H3/t14-,19+,24+,28-,30+,31+,32+,33-,34+,35+,36+,37-/m0/s1. The van der Waals surface area contributed by atoms with Crippen LogP contribution in [0.4, 0.5) is 0 Å². The van der Waals surface area contributed by atoms with E-state index in [1.807, 2.05) is 6.92 Å². The third-order valence-electron chi connectivity index (χ3n) is 11.8. The van der Waals surface area contributed by atoms with Gasteiger partial charge in [-0.2, -0.15) is 0 Å². The van der Waals surface area contributed by atoms with Crippen molar-refractivity contribution >= 4 is 11.6 Å². The Hall–Kier alpha value is -3.22. The summed E-state index contributed by atoms with van der Waals surface area (Å²) in [6.45, 7) is 6.76. The van der Waals surface area contributed by atoms with Crippen molar-refractivity contribution in [2.24, 2.45) is 0 Å². The molecule has 7 rings (SSSR count). The average molecular weight is 730 g/mol. The summed E-state index contributed by atoms with van der Waals surface area (Å²) in [5, 5.41) is 57.4. The third kappa shape index (κ3) is 5.09. The fraction of sp³-hybridized carbons (Fsp3) is 0.622. The summed E-state index contributed by atoms with van der Waals surface area (Å²) in [7, 11) is 7.89. The van der Waals surface area contributed by atoms with Gasteiger partial charge in [-0.05, 0) is 59.5 Å². The minimum absolute atomic E-state index is 0.00146. The van der Waals surface area contributed by atoms with Gasteiger partial charge in [0.2, 0.25) is 12.1 Å². The number of carbonyl (C=O) groups is 2. The molecule has 0 unspecified atom stereocenters. The van der Waals surface area contributed by atoms with Crippen molar-refractivity contribution in [3.63, 3.8) is 0 Å². The van der Waals surface area contributed by atoms with Gasteiger partial charge in [-0.25, -0.2) is 0 Å². The van der Waals surface area contributed by atoms with Crippen molar-refractivity contribution in [2.75, 3.05) is 35.4 Å². The second-order valence-electron chi connectivity index (χ2n) is 15.4. The molecule has 2 aliphatic carbocycles. The number of aromatic hydroxyl groups is 2. The van der Waals surface area contributed by atoms with Crippen LogP contribution < -0.4 is 4.74 Å². The second-order valence-corrected chi connectivity index (χ2v) is 15.4. The van der Waals surface area contributed by atoms with Crippen LogP contribution in [0.15, 0.2) is 12.1 Å². The molecule has 15 nitrogen and oxygen atoms in total. The predicted molar refractivity (Wildman–Crippen MR) is 180 cm³/mol. The zero-order valence-electron chi connectivity index (χ0n) is 30.6. The van der Waals surface area contributed by atoms with Crippen molar-refractivity contribution in [1.82, 2.24) is 4.90 Å². The molecule has 284 valence electrons. The Labute approximate surface area is 300 Å². The SMILES string of the molecule is CO[C@@H]1[C@@H](O[C@@H]2C[C@](C)(O)Cc3cc4c(c(O)c32)C(=O)c2c(O)cc3c(c2C4=O)O[C@H]2O[C@@]3(C)[C@H](O)[C@H](N(C)C)[C@@H]2O)O[C@@H](C)[C@@H](OC)[C@]1(C)OC. The highest BCUT2D eigenvalue weighted by Crippen LogP contribution is 2.55. The molecule has 15 heteroatoms. The largest absolute Gasteiger partial charge is 0.507 e. The molecule has 52 heavy (non-hydrogen) atoms. The van der Waals surface area contributed by atoms with Gasteiger partial charge in [0.15, 0.2) is 12.1 Å². The summed E-state index contributed by atoms with van der Waals surface area (Å²) in [6.07, 6.45) is -8.03. The van der Waals surface area contributed by atoms with Crippen molar-refractivity contribution in [1.29, 1.82) is 0 Å². The number of fused-ring (bicyclic) bond motifs is 8. The van der Waals surface area contributed by atoms with Crippen molar-refractivity contribution < 1.29 is 68.3 Å². The molecule has 0 radical (unpaired) electrons. The number of benzene rings is 2. The number of aliphatic hydroxyl groups excluding tert-OH is 2. The van der Waals surface area contributed by atoms with E-state index in [0.29, 0.717) is 5.56 Å². The molecular formula is C37H47NO14. The zero-order valence-corrected chi connectivity index (χ0v) is 30.6.